The molecule has 0 unspecified atom stereocenters. The molecule has 0 atom stereocenters. The largest absolute Gasteiger partial charge is 0.485 e. The Hall–Kier alpha value is -3.23. The Balaban J connectivity index is 1.73. The van der Waals surface area contributed by atoms with Gasteiger partial charge in [-0.05, 0) is 38.1 Å². The summed E-state index contributed by atoms with van der Waals surface area (Å²) in [5, 5.41) is 13.7. The van der Waals surface area contributed by atoms with Crippen molar-refractivity contribution in [2.45, 2.75) is 26.0 Å². The van der Waals surface area contributed by atoms with Crippen LogP contribution in [-0.2, 0) is 11.4 Å². The molecule has 164 valence electrons. The molecule has 4 rings (SSSR count). The van der Waals surface area contributed by atoms with Gasteiger partial charge in [0.25, 0.3) is 5.91 Å². The Labute approximate surface area is 191 Å². The normalized spacial score (nSPS) is 11.6. The van der Waals surface area contributed by atoms with E-state index in [1.54, 1.807) is 36.4 Å². The van der Waals surface area contributed by atoms with Gasteiger partial charge in [-0.15, -0.1) is 11.3 Å². The highest BCUT2D eigenvalue weighted by Crippen LogP contribution is 2.34. The van der Waals surface area contributed by atoms with E-state index < -0.39 is 23.2 Å². The first-order valence-electron chi connectivity index (χ1n) is 9.60. The highest BCUT2D eigenvalue weighted by molar-refractivity contribution is 7.18. The van der Waals surface area contributed by atoms with E-state index in [2.05, 4.69) is 10.3 Å². The smallest absolute Gasteiger partial charge is 0.328 e. The molecule has 2 N–H and O–H groups in total. The standard InChI is InChI=1S/C23H18ClFN2O4S/c1-23(2,22(29)30)27-21(28)15-10-16(25)13-5-3-4-6-14(13)20(15)31-11-19-26-17-9-12(24)7-8-18(17)32-19/h3-10H,11H2,1-2H3,(H,27,28)(H,29,30). The molecule has 0 fully saturated rings. The van der Waals surface area contributed by atoms with E-state index in [1.807, 2.05) is 6.07 Å². The number of rotatable bonds is 6. The van der Waals surface area contributed by atoms with Crippen LogP contribution in [0.25, 0.3) is 21.0 Å². The summed E-state index contributed by atoms with van der Waals surface area (Å²) in [6.45, 7) is 2.73. The van der Waals surface area contributed by atoms with Gasteiger partial charge >= 0.3 is 5.97 Å². The Morgan fingerprint density at radius 3 is 2.62 bits per heavy atom. The van der Waals surface area contributed by atoms with Crippen LogP contribution in [0.3, 0.4) is 0 Å². The maximum atomic E-state index is 14.7. The van der Waals surface area contributed by atoms with Gasteiger partial charge in [0.05, 0.1) is 15.8 Å². The molecular weight excluding hydrogens is 455 g/mol. The summed E-state index contributed by atoms with van der Waals surface area (Å²) in [7, 11) is 0. The Kier molecular flexibility index (Phi) is 5.75. The summed E-state index contributed by atoms with van der Waals surface area (Å²) in [5.41, 5.74) is -0.922. The molecule has 0 bridgehead atoms. The lowest BCUT2D eigenvalue weighted by Crippen LogP contribution is -2.49. The predicted octanol–water partition coefficient (Wildman–Crippen LogP) is 5.41. The zero-order valence-electron chi connectivity index (χ0n) is 17.1. The summed E-state index contributed by atoms with van der Waals surface area (Å²) >= 11 is 7.44. The lowest BCUT2D eigenvalue weighted by Gasteiger charge is -2.22. The molecular formula is C23H18ClFN2O4S. The minimum absolute atomic E-state index is 0.0369. The van der Waals surface area contributed by atoms with Crippen molar-refractivity contribution in [1.29, 1.82) is 0 Å². The minimum Gasteiger partial charge on any atom is -0.485 e. The molecule has 0 spiro atoms. The van der Waals surface area contributed by atoms with Crippen molar-refractivity contribution in [3.8, 4) is 5.75 Å². The number of benzene rings is 3. The summed E-state index contributed by atoms with van der Waals surface area (Å²) in [6, 6.07) is 13.0. The number of carboxylic acid groups (broad SMARTS) is 1. The number of aliphatic carboxylic acids is 1. The molecule has 1 amide bonds. The van der Waals surface area contributed by atoms with Crippen LogP contribution in [0.4, 0.5) is 4.39 Å². The van der Waals surface area contributed by atoms with Gasteiger partial charge in [0.1, 0.15) is 28.7 Å². The topological polar surface area (TPSA) is 88.5 Å². The fourth-order valence-corrected chi connectivity index (χ4v) is 4.20. The third kappa shape index (κ3) is 4.24. The van der Waals surface area contributed by atoms with Crippen molar-refractivity contribution in [3.63, 3.8) is 0 Å². The molecule has 0 aliphatic heterocycles. The molecule has 32 heavy (non-hydrogen) atoms. The van der Waals surface area contributed by atoms with Crippen LogP contribution >= 0.6 is 22.9 Å². The number of carbonyl (C=O) groups excluding carboxylic acids is 1. The van der Waals surface area contributed by atoms with Crippen LogP contribution in [0, 0.1) is 5.82 Å². The van der Waals surface area contributed by atoms with Gasteiger partial charge < -0.3 is 15.2 Å². The number of carboxylic acids is 1. The SMILES string of the molecule is CC(C)(NC(=O)c1cc(F)c2ccccc2c1OCc1nc2cc(Cl)ccc2s1)C(=O)O. The molecule has 4 aromatic rings. The maximum Gasteiger partial charge on any atom is 0.328 e. The van der Waals surface area contributed by atoms with E-state index in [9.17, 15) is 19.1 Å². The van der Waals surface area contributed by atoms with E-state index >= 15 is 0 Å². The van der Waals surface area contributed by atoms with Crippen LogP contribution in [0.2, 0.25) is 5.02 Å². The first-order chi connectivity index (χ1) is 15.2. The number of carbonyl (C=O) groups is 2. The summed E-state index contributed by atoms with van der Waals surface area (Å²) in [5.74, 6) is -2.44. The first kappa shape index (κ1) is 22.0. The van der Waals surface area contributed by atoms with Gasteiger partial charge in [-0.25, -0.2) is 14.2 Å². The van der Waals surface area contributed by atoms with E-state index in [1.165, 1.54) is 25.2 Å². The van der Waals surface area contributed by atoms with Crippen molar-refractivity contribution < 1.29 is 23.8 Å². The number of halogens is 2. The van der Waals surface area contributed by atoms with Crippen LogP contribution < -0.4 is 10.1 Å². The minimum atomic E-state index is -1.55. The number of fused-ring (bicyclic) bond motifs is 2. The van der Waals surface area contributed by atoms with Gasteiger partial charge in [0.15, 0.2) is 0 Å². The molecule has 0 aliphatic carbocycles. The monoisotopic (exact) mass is 472 g/mol. The highest BCUT2D eigenvalue weighted by Gasteiger charge is 2.31. The maximum absolute atomic E-state index is 14.7. The third-order valence-corrected chi connectivity index (χ3v) is 6.13. The molecule has 0 aliphatic rings. The number of nitrogens with zero attached hydrogens (tertiary/aromatic N) is 1. The molecule has 1 heterocycles. The summed E-state index contributed by atoms with van der Waals surface area (Å²) in [4.78, 5) is 28.9. The lowest BCUT2D eigenvalue weighted by atomic mass is 10.0. The number of hydrogen-bond donors (Lipinski definition) is 2. The zero-order valence-corrected chi connectivity index (χ0v) is 18.7. The van der Waals surface area contributed by atoms with E-state index in [-0.39, 0.29) is 23.3 Å². The van der Waals surface area contributed by atoms with Gasteiger partial charge in [-0.1, -0.05) is 35.9 Å². The lowest BCUT2D eigenvalue weighted by molar-refractivity contribution is -0.143. The number of ether oxygens (including phenoxy) is 1. The molecule has 6 nitrogen and oxygen atoms in total. The van der Waals surface area contributed by atoms with Crippen molar-refractivity contribution >= 4 is 55.8 Å². The van der Waals surface area contributed by atoms with Crippen LogP contribution in [0.15, 0.2) is 48.5 Å². The van der Waals surface area contributed by atoms with Crippen molar-refractivity contribution in [1.82, 2.24) is 10.3 Å². The van der Waals surface area contributed by atoms with Crippen molar-refractivity contribution in [3.05, 3.63) is 69.9 Å². The molecule has 0 saturated carbocycles. The second-order valence-electron chi connectivity index (χ2n) is 7.67. The number of nitrogens with one attached hydrogen (secondary N) is 1. The van der Waals surface area contributed by atoms with Crippen LogP contribution in [0.1, 0.15) is 29.2 Å². The van der Waals surface area contributed by atoms with Gasteiger partial charge in [-0.2, -0.15) is 0 Å². The van der Waals surface area contributed by atoms with Gasteiger partial charge in [0.2, 0.25) is 0 Å². The molecule has 1 aromatic heterocycles. The van der Waals surface area contributed by atoms with Gasteiger partial charge in [0, 0.05) is 15.8 Å². The van der Waals surface area contributed by atoms with Gasteiger partial charge in [-0.3, -0.25) is 4.79 Å². The van der Waals surface area contributed by atoms with Crippen molar-refractivity contribution in [2.75, 3.05) is 0 Å². The average Bonchev–Trinajstić information content (AvgIpc) is 3.14. The zero-order chi connectivity index (χ0) is 23.0. The number of amides is 1. The van der Waals surface area contributed by atoms with E-state index in [0.29, 0.717) is 15.4 Å². The number of hydrogen-bond acceptors (Lipinski definition) is 5. The molecule has 3 aromatic carbocycles. The highest BCUT2D eigenvalue weighted by atomic mass is 35.5. The molecule has 0 saturated heterocycles. The fourth-order valence-electron chi connectivity index (χ4n) is 3.18. The second-order valence-corrected chi connectivity index (χ2v) is 9.22. The van der Waals surface area contributed by atoms with E-state index in [0.717, 1.165) is 16.3 Å². The fraction of sp³-hybridized carbons (Fsp3) is 0.174. The van der Waals surface area contributed by atoms with Crippen LogP contribution in [-0.4, -0.2) is 27.5 Å². The Morgan fingerprint density at radius 2 is 1.91 bits per heavy atom. The molecule has 9 heteroatoms. The quantitative estimate of drug-likeness (QED) is 0.391. The second kappa shape index (κ2) is 8.37. The average molecular weight is 473 g/mol. The molecule has 0 radical (unpaired) electrons. The third-order valence-electron chi connectivity index (χ3n) is 4.88. The van der Waals surface area contributed by atoms with Crippen LogP contribution in [0.5, 0.6) is 5.75 Å². The Bertz CT molecular complexity index is 1370. The summed E-state index contributed by atoms with van der Waals surface area (Å²) in [6.07, 6.45) is 0. The first-order valence-corrected chi connectivity index (χ1v) is 10.8. The predicted molar refractivity (Wildman–Crippen MR) is 122 cm³/mol. The Morgan fingerprint density at radius 1 is 1.19 bits per heavy atom. The number of aromatic nitrogens is 1. The number of thiazole rings is 1. The van der Waals surface area contributed by atoms with Crippen molar-refractivity contribution in [2.24, 2.45) is 0 Å². The summed E-state index contributed by atoms with van der Waals surface area (Å²) < 4.78 is 21.7. The van der Waals surface area contributed by atoms with E-state index in [4.69, 9.17) is 16.3 Å².